The van der Waals surface area contributed by atoms with E-state index in [-0.39, 0.29) is 1.43 Å². The van der Waals surface area contributed by atoms with E-state index >= 15 is 0 Å². The van der Waals surface area contributed by atoms with Gasteiger partial charge < -0.3 is 10.6 Å². The van der Waals surface area contributed by atoms with Crippen molar-refractivity contribution in [3.8, 4) is 0 Å². The number of nitrogens with zero attached hydrogens (tertiary/aromatic N) is 1. The van der Waals surface area contributed by atoms with Gasteiger partial charge in [0.15, 0.2) is 0 Å². The maximum Gasteiger partial charge on any atom is 0.0314 e. The Morgan fingerprint density at radius 3 is 2.82 bits per heavy atom. The maximum atomic E-state index is 5.73. The van der Waals surface area contributed by atoms with Gasteiger partial charge in [0.1, 0.15) is 0 Å². The van der Waals surface area contributed by atoms with Gasteiger partial charge in [0.2, 0.25) is 0 Å². The van der Waals surface area contributed by atoms with Crippen molar-refractivity contribution in [2.75, 3.05) is 20.1 Å². The van der Waals surface area contributed by atoms with Crippen LogP contribution in [0.4, 0.5) is 0 Å². The average Bonchev–Trinajstić information content (AvgIpc) is 2.32. The molecule has 1 saturated heterocycles. The van der Waals surface area contributed by atoms with Crippen molar-refractivity contribution >= 4 is 5.70 Å². The van der Waals surface area contributed by atoms with E-state index in [0.717, 1.165) is 11.5 Å². The number of likely N-dealkylation sites (tertiary alicyclic amines) is 1. The van der Waals surface area contributed by atoms with Gasteiger partial charge in [-0.15, -0.1) is 0 Å². The summed E-state index contributed by atoms with van der Waals surface area (Å²) in [5.41, 5.74) is 8.85. The molecular weight excluding hydrogens is 208 g/mol. The monoisotopic (exact) mass is 232 g/mol. The zero-order valence-electron chi connectivity index (χ0n) is 10.7. The minimum absolute atomic E-state index is 0. The first-order chi connectivity index (χ1) is 8.15. The Balaban J connectivity index is 0.00000162. The molecule has 0 aromatic heterocycles. The van der Waals surface area contributed by atoms with E-state index in [4.69, 9.17) is 5.73 Å². The van der Waals surface area contributed by atoms with Crippen LogP contribution in [0.3, 0.4) is 0 Å². The van der Waals surface area contributed by atoms with Gasteiger partial charge in [0.05, 0.1) is 0 Å². The Kier molecular flexibility index (Phi) is 3.85. The molecule has 0 aliphatic carbocycles. The number of piperidine rings is 1. The smallest absolute Gasteiger partial charge is 0.0314 e. The molecule has 0 spiro atoms. The SMILES string of the molecule is C=C(N)c1cccc(CC2CCN(C)CC2)c1.[HH]. The Morgan fingerprint density at radius 1 is 1.47 bits per heavy atom. The first-order valence-electron chi connectivity index (χ1n) is 6.37. The minimum Gasteiger partial charge on any atom is -0.399 e. The second-order valence-corrected chi connectivity index (χ2v) is 5.18. The highest BCUT2D eigenvalue weighted by Crippen LogP contribution is 2.22. The molecule has 1 aliphatic rings. The first kappa shape index (κ1) is 12.2. The van der Waals surface area contributed by atoms with Gasteiger partial charge >= 0.3 is 0 Å². The van der Waals surface area contributed by atoms with E-state index in [2.05, 4.69) is 36.7 Å². The van der Waals surface area contributed by atoms with Crippen molar-refractivity contribution < 1.29 is 1.43 Å². The fourth-order valence-corrected chi connectivity index (χ4v) is 2.50. The topological polar surface area (TPSA) is 29.3 Å². The van der Waals surface area contributed by atoms with Gasteiger partial charge in [0, 0.05) is 7.12 Å². The van der Waals surface area contributed by atoms with Crippen LogP contribution in [0.25, 0.3) is 5.70 Å². The summed E-state index contributed by atoms with van der Waals surface area (Å²) in [6, 6.07) is 8.49. The Morgan fingerprint density at radius 2 is 2.18 bits per heavy atom. The molecular formula is C15H24N2. The number of rotatable bonds is 3. The Bertz CT molecular complexity index is 395. The van der Waals surface area contributed by atoms with Crippen LogP contribution in [0.15, 0.2) is 30.8 Å². The minimum atomic E-state index is 0. The third-order valence-electron chi connectivity index (χ3n) is 3.66. The summed E-state index contributed by atoms with van der Waals surface area (Å²) in [6.07, 6.45) is 3.80. The van der Waals surface area contributed by atoms with E-state index in [1.807, 2.05) is 6.07 Å². The highest BCUT2D eigenvalue weighted by Gasteiger charge is 2.16. The summed E-state index contributed by atoms with van der Waals surface area (Å²) in [7, 11) is 2.20. The van der Waals surface area contributed by atoms with Crippen molar-refractivity contribution in [3.63, 3.8) is 0 Å². The zero-order chi connectivity index (χ0) is 12.3. The van der Waals surface area contributed by atoms with Crippen molar-refractivity contribution in [2.24, 2.45) is 11.7 Å². The summed E-state index contributed by atoms with van der Waals surface area (Å²) >= 11 is 0. The molecule has 2 N–H and O–H groups in total. The predicted octanol–water partition coefficient (Wildman–Crippen LogP) is 2.75. The summed E-state index contributed by atoms with van der Waals surface area (Å²) in [4.78, 5) is 2.41. The Labute approximate surface area is 106 Å². The molecule has 1 aromatic carbocycles. The molecule has 1 aliphatic heterocycles. The molecule has 2 nitrogen and oxygen atoms in total. The molecule has 2 rings (SSSR count). The van der Waals surface area contributed by atoms with Crippen LogP contribution in [0.1, 0.15) is 25.4 Å². The van der Waals surface area contributed by atoms with Crippen LogP contribution in [-0.4, -0.2) is 25.0 Å². The third-order valence-corrected chi connectivity index (χ3v) is 3.66. The molecule has 94 valence electrons. The van der Waals surface area contributed by atoms with E-state index in [1.54, 1.807) is 0 Å². The van der Waals surface area contributed by atoms with Gasteiger partial charge in [0.25, 0.3) is 0 Å². The fraction of sp³-hybridized carbons (Fsp3) is 0.467. The highest BCUT2D eigenvalue weighted by atomic mass is 15.1. The van der Waals surface area contributed by atoms with E-state index in [9.17, 15) is 0 Å². The maximum absolute atomic E-state index is 5.73. The lowest BCUT2D eigenvalue weighted by molar-refractivity contribution is 0.219. The number of hydrogen-bond acceptors (Lipinski definition) is 2. The predicted molar refractivity (Wildman–Crippen MR) is 75.7 cm³/mol. The number of hydrogen-bond donors (Lipinski definition) is 1. The van der Waals surface area contributed by atoms with E-state index in [0.29, 0.717) is 5.70 Å². The lowest BCUT2D eigenvalue weighted by Crippen LogP contribution is -2.30. The first-order valence-corrected chi connectivity index (χ1v) is 6.37. The molecule has 17 heavy (non-hydrogen) atoms. The van der Waals surface area contributed by atoms with Crippen LogP contribution in [-0.2, 0) is 6.42 Å². The van der Waals surface area contributed by atoms with Crippen molar-refractivity contribution in [1.82, 2.24) is 4.90 Å². The molecule has 0 saturated carbocycles. The molecule has 1 aromatic rings. The van der Waals surface area contributed by atoms with Crippen molar-refractivity contribution in [1.29, 1.82) is 0 Å². The molecule has 0 radical (unpaired) electrons. The lowest BCUT2D eigenvalue weighted by atomic mass is 9.90. The molecule has 1 heterocycles. The highest BCUT2D eigenvalue weighted by molar-refractivity contribution is 5.60. The largest absolute Gasteiger partial charge is 0.399 e. The number of nitrogens with two attached hydrogens (primary N) is 1. The van der Waals surface area contributed by atoms with Crippen LogP contribution >= 0.6 is 0 Å². The molecule has 0 unspecified atom stereocenters. The summed E-state index contributed by atoms with van der Waals surface area (Å²) in [6.45, 7) is 6.25. The summed E-state index contributed by atoms with van der Waals surface area (Å²) < 4.78 is 0. The number of benzene rings is 1. The zero-order valence-corrected chi connectivity index (χ0v) is 10.7. The molecule has 0 bridgehead atoms. The van der Waals surface area contributed by atoms with E-state index < -0.39 is 0 Å². The van der Waals surface area contributed by atoms with Crippen LogP contribution in [0.5, 0.6) is 0 Å². The standard InChI is InChI=1S/C15H22N2.H2/c1-12(16)15-5-3-4-14(11-15)10-13-6-8-17(2)9-7-13;/h3-5,11,13H,1,6-10,16H2,2H3;1H. The molecule has 1 fully saturated rings. The van der Waals surface area contributed by atoms with Crippen LogP contribution < -0.4 is 5.73 Å². The van der Waals surface area contributed by atoms with Gasteiger partial charge in [-0.25, -0.2) is 0 Å². The van der Waals surface area contributed by atoms with Crippen LogP contribution in [0.2, 0.25) is 0 Å². The fourth-order valence-electron chi connectivity index (χ4n) is 2.50. The van der Waals surface area contributed by atoms with Crippen molar-refractivity contribution in [2.45, 2.75) is 19.3 Å². The summed E-state index contributed by atoms with van der Waals surface area (Å²) in [5, 5.41) is 0. The van der Waals surface area contributed by atoms with Gasteiger partial charge in [-0.3, -0.25) is 0 Å². The van der Waals surface area contributed by atoms with Gasteiger partial charge in [-0.1, -0.05) is 24.8 Å². The normalized spacial score (nSPS) is 18.2. The van der Waals surface area contributed by atoms with Crippen molar-refractivity contribution in [3.05, 3.63) is 42.0 Å². The lowest BCUT2D eigenvalue weighted by Gasteiger charge is -2.29. The Hall–Kier alpha value is -1.28. The molecule has 2 heteroatoms. The van der Waals surface area contributed by atoms with Gasteiger partial charge in [-0.2, -0.15) is 0 Å². The second-order valence-electron chi connectivity index (χ2n) is 5.18. The summed E-state index contributed by atoms with van der Waals surface area (Å²) in [5.74, 6) is 0.826. The second kappa shape index (κ2) is 5.37. The van der Waals surface area contributed by atoms with E-state index in [1.165, 1.54) is 37.9 Å². The van der Waals surface area contributed by atoms with Gasteiger partial charge in [-0.05, 0) is 62.5 Å². The molecule has 0 amide bonds. The quantitative estimate of drug-likeness (QED) is 0.868. The average molecular weight is 232 g/mol. The molecule has 0 atom stereocenters. The van der Waals surface area contributed by atoms with Crippen LogP contribution in [0, 0.1) is 5.92 Å². The third kappa shape index (κ3) is 3.34.